The van der Waals surface area contributed by atoms with Crippen molar-refractivity contribution in [2.45, 2.75) is 31.6 Å². The van der Waals surface area contributed by atoms with E-state index in [-0.39, 0.29) is 0 Å². The van der Waals surface area contributed by atoms with Crippen LogP contribution in [0.2, 0.25) is 0 Å². The van der Waals surface area contributed by atoms with Crippen molar-refractivity contribution in [3.63, 3.8) is 0 Å². The van der Waals surface area contributed by atoms with Gasteiger partial charge in [-0.1, -0.05) is 36.8 Å². The van der Waals surface area contributed by atoms with Gasteiger partial charge in [0.2, 0.25) is 0 Å². The van der Waals surface area contributed by atoms with Crippen molar-refractivity contribution in [3.8, 4) is 0 Å². The summed E-state index contributed by atoms with van der Waals surface area (Å²) < 4.78 is 0. The lowest BCUT2D eigenvalue weighted by Crippen LogP contribution is -2.37. The van der Waals surface area contributed by atoms with E-state index in [1.165, 1.54) is 70.5 Å². The summed E-state index contributed by atoms with van der Waals surface area (Å²) >= 11 is 0. The van der Waals surface area contributed by atoms with Crippen LogP contribution in [0.25, 0.3) is 0 Å². The summed E-state index contributed by atoms with van der Waals surface area (Å²) in [5.74, 6) is 0.766. The Bertz CT molecular complexity index is 370. The molecule has 1 aromatic rings. The zero-order chi connectivity index (χ0) is 12.9. The molecule has 0 N–H and O–H groups in total. The van der Waals surface area contributed by atoms with Gasteiger partial charge in [-0.3, -0.25) is 0 Å². The van der Waals surface area contributed by atoms with Gasteiger partial charge in [-0.05, 0) is 50.4 Å². The van der Waals surface area contributed by atoms with Crippen LogP contribution >= 0.6 is 0 Å². The Hall–Kier alpha value is -0.860. The molecule has 104 valence electrons. The number of hydrogen-bond donors (Lipinski definition) is 0. The molecule has 3 rings (SSSR count). The zero-order valence-corrected chi connectivity index (χ0v) is 11.9. The Morgan fingerprint density at radius 2 is 1.58 bits per heavy atom. The molecule has 1 atom stereocenters. The smallest absolute Gasteiger partial charge is 0.0110 e. The minimum atomic E-state index is 0.766. The van der Waals surface area contributed by atoms with Gasteiger partial charge in [0.25, 0.3) is 0 Å². The van der Waals surface area contributed by atoms with E-state index in [2.05, 4.69) is 40.1 Å². The highest BCUT2D eigenvalue weighted by molar-refractivity contribution is 5.20. The van der Waals surface area contributed by atoms with E-state index in [0.717, 1.165) is 5.92 Å². The molecule has 0 aliphatic carbocycles. The lowest BCUT2D eigenvalue weighted by Gasteiger charge is -2.28. The molecule has 0 bridgehead atoms. The molecule has 2 fully saturated rings. The number of piperidine rings is 1. The minimum absolute atomic E-state index is 0.766. The Balaban J connectivity index is 1.44. The van der Waals surface area contributed by atoms with Crippen LogP contribution in [0.4, 0.5) is 0 Å². The van der Waals surface area contributed by atoms with Gasteiger partial charge in [0.05, 0.1) is 0 Å². The molecule has 0 aromatic heterocycles. The second-order valence-electron chi connectivity index (χ2n) is 6.10. The summed E-state index contributed by atoms with van der Waals surface area (Å²) in [5.41, 5.74) is 1.53. The van der Waals surface area contributed by atoms with E-state index in [9.17, 15) is 0 Å². The Morgan fingerprint density at radius 3 is 2.37 bits per heavy atom. The molecule has 1 aromatic carbocycles. The fourth-order valence-electron chi connectivity index (χ4n) is 3.50. The molecular weight excluding hydrogens is 232 g/mol. The number of benzene rings is 1. The normalized spacial score (nSPS) is 25.8. The van der Waals surface area contributed by atoms with Crippen LogP contribution in [0, 0.1) is 0 Å². The van der Waals surface area contributed by atoms with E-state index in [0.29, 0.717) is 0 Å². The molecule has 2 aliphatic rings. The van der Waals surface area contributed by atoms with Gasteiger partial charge in [-0.15, -0.1) is 0 Å². The van der Waals surface area contributed by atoms with Gasteiger partial charge < -0.3 is 9.80 Å². The Kier molecular flexibility index (Phi) is 4.52. The Labute approximate surface area is 117 Å². The molecule has 2 nitrogen and oxygen atoms in total. The minimum Gasteiger partial charge on any atom is -0.302 e. The molecule has 1 unspecified atom stereocenters. The largest absolute Gasteiger partial charge is 0.302 e. The highest BCUT2D eigenvalue weighted by Gasteiger charge is 2.23. The first-order valence-electron chi connectivity index (χ1n) is 7.91. The second kappa shape index (κ2) is 6.53. The summed E-state index contributed by atoms with van der Waals surface area (Å²) in [6.45, 7) is 7.75. The van der Waals surface area contributed by atoms with Crippen LogP contribution < -0.4 is 0 Å². The number of rotatable bonds is 4. The van der Waals surface area contributed by atoms with Crippen molar-refractivity contribution in [1.29, 1.82) is 0 Å². The van der Waals surface area contributed by atoms with E-state index in [4.69, 9.17) is 0 Å². The van der Waals surface area contributed by atoms with Crippen LogP contribution in [0.1, 0.15) is 37.2 Å². The molecule has 2 aliphatic heterocycles. The van der Waals surface area contributed by atoms with Crippen molar-refractivity contribution < 1.29 is 0 Å². The van der Waals surface area contributed by atoms with Crippen molar-refractivity contribution in [3.05, 3.63) is 35.9 Å². The molecule has 2 saturated heterocycles. The Morgan fingerprint density at radius 1 is 0.842 bits per heavy atom. The van der Waals surface area contributed by atoms with Crippen LogP contribution in [0.5, 0.6) is 0 Å². The summed E-state index contributed by atoms with van der Waals surface area (Å²) in [5, 5.41) is 0. The van der Waals surface area contributed by atoms with Gasteiger partial charge in [0, 0.05) is 19.6 Å². The standard InChI is InChI=1S/C17H26N2/c1-3-7-16(8-4-1)17-9-12-19(15-17)14-13-18-10-5-2-6-11-18/h1,3-4,7-8,17H,2,5-6,9-15H2. The predicted molar refractivity (Wildman–Crippen MR) is 80.5 cm³/mol. The average molecular weight is 258 g/mol. The van der Waals surface area contributed by atoms with Crippen molar-refractivity contribution in [2.75, 3.05) is 39.3 Å². The van der Waals surface area contributed by atoms with Gasteiger partial charge in [-0.2, -0.15) is 0 Å². The van der Waals surface area contributed by atoms with Gasteiger partial charge >= 0.3 is 0 Å². The maximum atomic E-state index is 2.66. The molecule has 2 heterocycles. The van der Waals surface area contributed by atoms with E-state index in [1.54, 1.807) is 0 Å². The summed E-state index contributed by atoms with van der Waals surface area (Å²) in [7, 11) is 0. The first-order valence-corrected chi connectivity index (χ1v) is 7.91. The third-order valence-corrected chi connectivity index (χ3v) is 4.72. The summed E-state index contributed by atoms with van der Waals surface area (Å²) in [6.07, 6.45) is 5.60. The molecule has 19 heavy (non-hydrogen) atoms. The SMILES string of the molecule is c1ccc(C2CCN(CCN3CCCCC3)C2)cc1. The highest BCUT2D eigenvalue weighted by Crippen LogP contribution is 2.26. The third kappa shape index (κ3) is 3.58. The van der Waals surface area contributed by atoms with Crippen molar-refractivity contribution >= 4 is 0 Å². The number of hydrogen-bond acceptors (Lipinski definition) is 2. The lowest BCUT2D eigenvalue weighted by molar-refractivity contribution is 0.195. The molecule has 0 spiro atoms. The fraction of sp³-hybridized carbons (Fsp3) is 0.647. The maximum Gasteiger partial charge on any atom is 0.0110 e. The van der Waals surface area contributed by atoms with Crippen molar-refractivity contribution in [2.24, 2.45) is 0 Å². The van der Waals surface area contributed by atoms with Gasteiger partial charge in [-0.25, -0.2) is 0 Å². The lowest BCUT2D eigenvalue weighted by atomic mass is 9.99. The van der Waals surface area contributed by atoms with Gasteiger partial charge in [0.1, 0.15) is 0 Å². The highest BCUT2D eigenvalue weighted by atomic mass is 15.2. The molecular formula is C17H26N2. The zero-order valence-electron chi connectivity index (χ0n) is 11.9. The van der Waals surface area contributed by atoms with E-state index in [1.807, 2.05) is 0 Å². The molecule has 0 radical (unpaired) electrons. The maximum absolute atomic E-state index is 2.66. The monoisotopic (exact) mass is 258 g/mol. The van der Waals surface area contributed by atoms with Crippen molar-refractivity contribution in [1.82, 2.24) is 9.80 Å². The van der Waals surface area contributed by atoms with Gasteiger partial charge in [0.15, 0.2) is 0 Å². The topological polar surface area (TPSA) is 6.48 Å². The summed E-state index contributed by atoms with van der Waals surface area (Å²) in [4.78, 5) is 5.31. The molecule has 0 amide bonds. The fourth-order valence-corrected chi connectivity index (χ4v) is 3.50. The first kappa shape index (κ1) is 13.1. The number of likely N-dealkylation sites (tertiary alicyclic amines) is 2. The molecule has 2 heteroatoms. The first-order chi connectivity index (χ1) is 9.42. The summed E-state index contributed by atoms with van der Waals surface area (Å²) in [6, 6.07) is 11.0. The van der Waals surface area contributed by atoms with Crippen LogP contribution in [-0.4, -0.2) is 49.1 Å². The van der Waals surface area contributed by atoms with Crippen LogP contribution in [0.3, 0.4) is 0 Å². The average Bonchev–Trinajstić information content (AvgIpc) is 2.96. The number of nitrogens with zero attached hydrogens (tertiary/aromatic N) is 2. The van der Waals surface area contributed by atoms with Crippen LogP contribution in [-0.2, 0) is 0 Å². The predicted octanol–water partition coefficient (Wildman–Crippen LogP) is 2.96. The van der Waals surface area contributed by atoms with E-state index < -0.39 is 0 Å². The van der Waals surface area contributed by atoms with Crippen LogP contribution in [0.15, 0.2) is 30.3 Å². The molecule has 0 saturated carbocycles. The van der Waals surface area contributed by atoms with E-state index >= 15 is 0 Å². The quantitative estimate of drug-likeness (QED) is 0.819. The third-order valence-electron chi connectivity index (χ3n) is 4.72. The second-order valence-corrected chi connectivity index (χ2v) is 6.10.